The molecule has 1 saturated heterocycles. The molecule has 0 aromatic heterocycles. The molecule has 1 fully saturated rings. The van der Waals surface area contributed by atoms with Crippen LogP contribution in [0.4, 0.5) is 0 Å². The van der Waals surface area contributed by atoms with E-state index in [-0.39, 0.29) is 6.04 Å². The maximum absolute atomic E-state index is 11.7. The molecule has 1 heterocycles. The molecule has 0 bridgehead atoms. The second-order valence-corrected chi connectivity index (χ2v) is 6.94. The molecule has 1 aliphatic rings. The van der Waals surface area contributed by atoms with Gasteiger partial charge < -0.3 is 15.2 Å². The lowest BCUT2D eigenvalue weighted by Crippen LogP contribution is -2.36. The van der Waals surface area contributed by atoms with Gasteiger partial charge in [-0.2, -0.15) is 0 Å². The number of carbonyl (C=O) groups is 1. The molecule has 5 nitrogen and oxygen atoms in total. The summed E-state index contributed by atoms with van der Waals surface area (Å²) in [5, 5.41) is 13.7. The molecule has 0 spiro atoms. The van der Waals surface area contributed by atoms with Crippen LogP contribution in [0.1, 0.15) is 17.5 Å². The van der Waals surface area contributed by atoms with Crippen LogP contribution in [-0.2, 0) is 17.9 Å². The molecule has 0 saturated carbocycles. The number of carboxylic acid groups (broad SMARTS) is 1. The summed E-state index contributed by atoms with van der Waals surface area (Å²) in [7, 11) is 1.64. The normalized spacial score (nSPS) is 20.2. The first-order valence-corrected chi connectivity index (χ1v) is 9.01. The Morgan fingerprint density at radius 3 is 2.65 bits per heavy atom. The Morgan fingerprint density at radius 1 is 1.27 bits per heavy atom. The fraction of sp³-hybridized carbons (Fsp3) is 0.350. The van der Waals surface area contributed by atoms with Gasteiger partial charge in [0.1, 0.15) is 11.8 Å². The Kier molecular flexibility index (Phi) is 6.14. The third-order valence-electron chi connectivity index (χ3n) is 4.77. The van der Waals surface area contributed by atoms with Crippen LogP contribution in [0.15, 0.2) is 48.5 Å². The summed E-state index contributed by atoms with van der Waals surface area (Å²) in [6.45, 7) is 1.91. The summed E-state index contributed by atoms with van der Waals surface area (Å²) in [6, 6.07) is 15.1. The highest BCUT2D eigenvalue weighted by Crippen LogP contribution is 2.24. The quantitative estimate of drug-likeness (QED) is 0.779. The van der Waals surface area contributed by atoms with Gasteiger partial charge in [0, 0.05) is 30.7 Å². The number of carboxylic acids is 1. The van der Waals surface area contributed by atoms with Crippen LogP contribution < -0.4 is 10.1 Å². The van der Waals surface area contributed by atoms with Gasteiger partial charge in [-0.25, -0.2) is 0 Å². The van der Waals surface area contributed by atoms with Crippen LogP contribution in [0.3, 0.4) is 0 Å². The highest BCUT2D eigenvalue weighted by Gasteiger charge is 2.36. The van der Waals surface area contributed by atoms with Crippen LogP contribution in [0, 0.1) is 0 Å². The number of hydrogen-bond acceptors (Lipinski definition) is 4. The number of rotatable bonds is 7. The first kappa shape index (κ1) is 18.7. The van der Waals surface area contributed by atoms with E-state index in [2.05, 4.69) is 5.32 Å². The van der Waals surface area contributed by atoms with Crippen molar-refractivity contribution in [3.8, 4) is 5.75 Å². The van der Waals surface area contributed by atoms with Gasteiger partial charge in [-0.05, 0) is 35.7 Å². The molecule has 26 heavy (non-hydrogen) atoms. The van der Waals surface area contributed by atoms with E-state index in [1.165, 1.54) is 0 Å². The number of methoxy groups -OCH3 is 1. The number of hydrogen-bond donors (Lipinski definition) is 2. The molecular weight excluding hydrogens is 352 g/mol. The summed E-state index contributed by atoms with van der Waals surface area (Å²) in [5.74, 6) is 0.0391. The lowest BCUT2D eigenvalue weighted by atomic mass is 10.1. The van der Waals surface area contributed by atoms with Crippen LogP contribution in [0.25, 0.3) is 0 Å². The highest BCUT2D eigenvalue weighted by atomic mass is 35.5. The summed E-state index contributed by atoms with van der Waals surface area (Å²) in [5.41, 5.74) is 2.10. The monoisotopic (exact) mass is 374 g/mol. The number of benzene rings is 2. The molecule has 2 N–H and O–H groups in total. The van der Waals surface area contributed by atoms with Crippen molar-refractivity contribution in [2.75, 3.05) is 13.7 Å². The summed E-state index contributed by atoms with van der Waals surface area (Å²) in [6.07, 6.45) is 0.579. The van der Waals surface area contributed by atoms with E-state index >= 15 is 0 Å². The van der Waals surface area contributed by atoms with Crippen molar-refractivity contribution in [2.24, 2.45) is 0 Å². The van der Waals surface area contributed by atoms with Crippen LogP contribution in [0.2, 0.25) is 5.02 Å². The SMILES string of the molecule is COc1ccc(CN[C@H]2C[C@@H](C(=O)O)N(Cc3ccccc3Cl)C2)cc1. The minimum Gasteiger partial charge on any atom is -0.497 e. The summed E-state index contributed by atoms with van der Waals surface area (Å²) in [4.78, 5) is 13.6. The third-order valence-corrected chi connectivity index (χ3v) is 5.14. The Balaban J connectivity index is 1.61. The van der Waals surface area contributed by atoms with E-state index in [4.69, 9.17) is 16.3 Å². The lowest BCUT2D eigenvalue weighted by molar-refractivity contribution is -0.142. The van der Waals surface area contributed by atoms with E-state index in [9.17, 15) is 9.90 Å². The molecule has 2 atom stereocenters. The Labute approximate surface area is 158 Å². The number of halogens is 1. The van der Waals surface area contributed by atoms with Crippen LogP contribution >= 0.6 is 11.6 Å². The second-order valence-electron chi connectivity index (χ2n) is 6.54. The molecule has 138 valence electrons. The second kappa shape index (κ2) is 8.54. The molecule has 3 rings (SSSR count). The van der Waals surface area contributed by atoms with Crippen molar-refractivity contribution in [1.29, 1.82) is 0 Å². The molecule has 0 aliphatic carbocycles. The maximum atomic E-state index is 11.7. The molecule has 0 radical (unpaired) electrons. The Morgan fingerprint density at radius 2 is 2.00 bits per heavy atom. The van der Waals surface area contributed by atoms with E-state index in [0.29, 0.717) is 31.1 Å². The lowest BCUT2D eigenvalue weighted by Gasteiger charge is -2.21. The number of aliphatic carboxylic acids is 1. The van der Waals surface area contributed by atoms with Gasteiger partial charge in [-0.3, -0.25) is 9.69 Å². The van der Waals surface area contributed by atoms with Crippen molar-refractivity contribution in [2.45, 2.75) is 31.6 Å². The third kappa shape index (κ3) is 4.55. The molecule has 0 amide bonds. The predicted molar refractivity (Wildman–Crippen MR) is 102 cm³/mol. The molecule has 1 aliphatic heterocycles. The van der Waals surface area contributed by atoms with E-state index in [0.717, 1.165) is 16.9 Å². The topological polar surface area (TPSA) is 61.8 Å². The predicted octanol–water partition coefficient (Wildman–Crippen LogP) is 3.17. The highest BCUT2D eigenvalue weighted by molar-refractivity contribution is 6.31. The first-order valence-electron chi connectivity index (χ1n) is 8.63. The smallest absolute Gasteiger partial charge is 0.320 e. The zero-order valence-electron chi connectivity index (χ0n) is 14.7. The molecule has 6 heteroatoms. The van der Waals surface area contributed by atoms with Gasteiger partial charge in [0.15, 0.2) is 0 Å². The number of nitrogens with one attached hydrogen (secondary N) is 1. The van der Waals surface area contributed by atoms with Crippen LogP contribution in [-0.4, -0.2) is 41.7 Å². The van der Waals surface area contributed by atoms with E-state index in [1.54, 1.807) is 7.11 Å². The fourth-order valence-corrected chi connectivity index (χ4v) is 3.53. The van der Waals surface area contributed by atoms with Gasteiger partial charge in [0.2, 0.25) is 0 Å². The number of likely N-dealkylation sites (tertiary alicyclic amines) is 1. The van der Waals surface area contributed by atoms with Crippen LogP contribution in [0.5, 0.6) is 5.75 Å². The fourth-order valence-electron chi connectivity index (χ4n) is 3.33. The minimum atomic E-state index is -0.786. The Hall–Kier alpha value is -2.08. The summed E-state index contributed by atoms with van der Waals surface area (Å²) >= 11 is 6.23. The maximum Gasteiger partial charge on any atom is 0.320 e. The Bertz CT molecular complexity index is 751. The van der Waals surface area contributed by atoms with Crippen molar-refractivity contribution in [3.63, 3.8) is 0 Å². The minimum absolute atomic E-state index is 0.126. The summed E-state index contributed by atoms with van der Waals surface area (Å²) < 4.78 is 5.16. The van der Waals surface area contributed by atoms with Gasteiger partial charge >= 0.3 is 5.97 Å². The standard InChI is InChI=1S/C20H23ClN2O3/c1-26-17-8-6-14(7-9-17)11-22-16-10-19(20(24)25)23(13-16)12-15-4-2-3-5-18(15)21/h2-9,16,19,22H,10-13H2,1H3,(H,24,25)/t16-,19-/m0/s1. The van der Waals surface area contributed by atoms with E-state index in [1.807, 2.05) is 53.4 Å². The van der Waals surface area contributed by atoms with Crippen molar-refractivity contribution in [1.82, 2.24) is 10.2 Å². The molecule has 2 aromatic rings. The average Bonchev–Trinajstić information content (AvgIpc) is 3.05. The largest absolute Gasteiger partial charge is 0.497 e. The molecule has 2 aromatic carbocycles. The molecular formula is C20H23ClN2O3. The van der Waals surface area contributed by atoms with Gasteiger partial charge in [-0.1, -0.05) is 41.9 Å². The molecule has 0 unspecified atom stereocenters. The van der Waals surface area contributed by atoms with Gasteiger partial charge in [0.25, 0.3) is 0 Å². The zero-order valence-corrected chi connectivity index (χ0v) is 15.4. The van der Waals surface area contributed by atoms with Crippen molar-refractivity contribution < 1.29 is 14.6 Å². The first-order chi connectivity index (χ1) is 12.6. The van der Waals surface area contributed by atoms with Crippen molar-refractivity contribution in [3.05, 3.63) is 64.7 Å². The average molecular weight is 375 g/mol. The van der Waals surface area contributed by atoms with E-state index < -0.39 is 12.0 Å². The van der Waals surface area contributed by atoms with Crippen molar-refractivity contribution >= 4 is 17.6 Å². The zero-order chi connectivity index (χ0) is 18.5. The van der Waals surface area contributed by atoms with Gasteiger partial charge in [-0.15, -0.1) is 0 Å². The number of ether oxygens (including phenoxy) is 1. The van der Waals surface area contributed by atoms with Gasteiger partial charge in [0.05, 0.1) is 7.11 Å². The number of nitrogens with zero attached hydrogens (tertiary/aromatic N) is 1.